The maximum atomic E-state index is 11.0. The van der Waals surface area contributed by atoms with Crippen LogP contribution >= 0.6 is 0 Å². The highest BCUT2D eigenvalue weighted by Gasteiger charge is 2.17. The number of allylic oxidation sites excluding steroid dienone is 2. The van der Waals surface area contributed by atoms with Crippen LogP contribution in [0.5, 0.6) is 0 Å². The lowest BCUT2D eigenvalue weighted by Gasteiger charge is -2.22. The van der Waals surface area contributed by atoms with Gasteiger partial charge in [0, 0.05) is 17.6 Å². The molecule has 2 aromatic carbocycles. The number of rotatable bonds is 3. The van der Waals surface area contributed by atoms with Crippen molar-refractivity contribution in [3.05, 3.63) is 88.4 Å². The van der Waals surface area contributed by atoms with Crippen molar-refractivity contribution in [2.75, 3.05) is 0 Å². The van der Waals surface area contributed by atoms with Gasteiger partial charge in [-0.05, 0) is 47.2 Å². The van der Waals surface area contributed by atoms with Crippen LogP contribution in [0.25, 0.3) is 11.3 Å². The number of ether oxygens (including phenoxy) is 1. The predicted octanol–water partition coefficient (Wildman–Crippen LogP) is 5.95. The Hall–Kier alpha value is -3.03. The Morgan fingerprint density at radius 1 is 1.07 bits per heavy atom. The molecule has 0 atom stereocenters. The third-order valence-electron chi connectivity index (χ3n) is 4.72. The molecule has 27 heavy (non-hydrogen) atoms. The minimum atomic E-state index is -0.935. The van der Waals surface area contributed by atoms with Gasteiger partial charge in [0.25, 0.3) is 0 Å². The summed E-state index contributed by atoms with van der Waals surface area (Å²) in [5.74, 6) is -0.229. The molecule has 0 bridgehead atoms. The Labute approximate surface area is 160 Å². The highest BCUT2D eigenvalue weighted by atomic mass is 16.5. The molecule has 1 aliphatic rings. The lowest BCUT2D eigenvalue weighted by atomic mass is 9.82. The fraction of sp³-hybridized carbons (Fsp3) is 0.250. The lowest BCUT2D eigenvalue weighted by molar-refractivity contribution is 0.0697. The third-order valence-corrected chi connectivity index (χ3v) is 4.72. The van der Waals surface area contributed by atoms with Crippen LogP contribution in [0.3, 0.4) is 0 Å². The summed E-state index contributed by atoms with van der Waals surface area (Å²) in [6, 6.07) is 13.2. The maximum Gasteiger partial charge on any atom is 0.335 e. The van der Waals surface area contributed by atoms with Crippen molar-refractivity contribution in [2.45, 2.75) is 39.5 Å². The molecule has 3 heteroatoms. The summed E-state index contributed by atoms with van der Waals surface area (Å²) in [7, 11) is 0. The van der Waals surface area contributed by atoms with Crippen molar-refractivity contribution in [3.63, 3.8) is 0 Å². The standard InChI is InChI=1S/C24H24O3/c1-16-5-6-20(15-21(16)24(2,3)4)17-11-12-22(27-14-13-17)18-7-9-19(10-8-18)23(25)26/h5-10,12,14-15H,11H2,1-4H3,(H,25,26). The van der Waals surface area contributed by atoms with Crippen LogP contribution in [0.15, 0.2) is 60.5 Å². The first-order valence-corrected chi connectivity index (χ1v) is 9.02. The molecule has 0 radical (unpaired) electrons. The summed E-state index contributed by atoms with van der Waals surface area (Å²) in [4.78, 5) is 11.0. The van der Waals surface area contributed by atoms with E-state index in [4.69, 9.17) is 9.84 Å². The fourth-order valence-corrected chi connectivity index (χ4v) is 3.25. The van der Waals surface area contributed by atoms with Gasteiger partial charge in [0.1, 0.15) is 12.0 Å². The molecular formula is C24H24O3. The zero-order valence-corrected chi connectivity index (χ0v) is 16.2. The predicted molar refractivity (Wildman–Crippen MR) is 108 cm³/mol. The lowest BCUT2D eigenvalue weighted by Crippen LogP contribution is -2.13. The van der Waals surface area contributed by atoms with Gasteiger partial charge in [0.15, 0.2) is 0 Å². The summed E-state index contributed by atoms with van der Waals surface area (Å²) in [5.41, 5.74) is 9.26. The van der Waals surface area contributed by atoms with Crippen molar-refractivity contribution in [3.8, 4) is 0 Å². The Morgan fingerprint density at radius 2 is 1.74 bits per heavy atom. The summed E-state index contributed by atoms with van der Waals surface area (Å²) in [6.45, 7) is 8.80. The van der Waals surface area contributed by atoms with Crippen molar-refractivity contribution in [1.29, 1.82) is 0 Å². The van der Waals surface area contributed by atoms with Crippen molar-refractivity contribution >= 4 is 17.3 Å². The first kappa shape index (κ1) is 18.8. The molecule has 1 N–H and O–H groups in total. The Morgan fingerprint density at radius 3 is 2.37 bits per heavy atom. The Bertz CT molecular complexity index is 964. The molecule has 2 aromatic rings. The summed E-state index contributed by atoms with van der Waals surface area (Å²) >= 11 is 0. The number of aryl methyl sites for hydroxylation is 1. The highest BCUT2D eigenvalue weighted by Crippen LogP contribution is 2.31. The zero-order chi connectivity index (χ0) is 19.6. The number of benzene rings is 2. The van der Waals surface area contributed by atoms with Gasteiger partial charge >= 0.3 is 5.97 Å². The second-order valence-corrected chi connectivity index (χ2v) is 7.79. The second kappa shape index (κ2) is 7.30. The first-order chi connectivity index (χ1) is 12.8. The van der Waals surface area contributed by atoms with Crippen molar-refractivity contribution in [1.82, 2.24) is 0 Å². The molecule has 0 amide bonds. The molecule has 0 spiro atoms. The van der Waals surface area contributed by atoms with Crippen LogP contribution in [0, 0.1) is 6.92 Å². The number of aromatic carboxylic acids is 1. The topological polar surface area (TPSA) is 46.5 Å². The van der Waals surface area contributed by atoms with Gasteiger partial charge in [-0.2, -0.15) is 0 Å². The fourth-order valence-electron chi connectivity index (χ4n) is 3.25. The van der Waals surface area contributed by atoms with Crippen LogP contribution in [0.4, 0.5) is 0 Å². The molecule has 1 heterocycles. The molecule has 1 aliphatic heterocycles. The molecule has 3 nitrogen and oxygen atoms in total. The van der Waals surface area contributed by atoms with Gasteiger partial charge in [-0.3, -0.25) is 0 Å². The van der Waals surface area contributed by atoms with E-state index in [1.807, 2.05) is 6.08 Å². The number of carboxylic acids is 1. The molecule has 138 valence electrons. The van der Waals surface area contributed by atoms with E-state index in [0.717, 1.165) is 16.7 Å². The first-order valence-electron chi connectivity index (χ1n) is 9.02. The number of carbonyl (C=O) groups is 1. The highest BCUT2D eigenvalue weighted by molar-refractivity contribution is 5.88. The zero-order valence-electron chi connectivity index (χ0n) is 16.2. The quantitative estimate of drug-likeness (QED) is 0.688. The molecule has 3 rings (SSSR count). The Kier molecular flexibility index (Phi) is 5.07. The van der Waals surface area contributed by atoms with E-state index in [-0.39, 0.29) is 11.0 Å². The van der Waals surface area contributed by atoms with E-state index < -0.39 is 5.97 Å². The largest absolute Gasteiger partial charge is 0.478 e. The third kappa shape index (κ3) is 4.21. The summed E-state index contributed by atoms with van der Waals surface area (Å²) in [6.07, 6.45) is 4.28. The molecule has 0 unspecified atom stereocenters. The minimum absolute atomic E-state index is 0.0818. The second-order valence-electron chi connectivity index (χ2n) is 7.79. The van der Waals surface area contributed by atoms with E-state index in [2.05, 4.69) is 51.6 Å². The average Bonchev–Trinajstić information content (AvgIpc) is 2.87. The average molecular weight is 360 g/mol. The van der Waals surface area contributed by atoms with Crippen LogP contribution in [-0.2, 0) is 10.2 Å². The monoisotopic (exact) mass is 360 g/mol. The van der Waals surface area contributed by atoms with Gasteiger partial charge < -0.3 is 9.84 Å². The van der Waals surface area contributed by atoms with Crippen LogP contribution < -0.4 is 0 Å². The summed E-state index contributed by atoms with van der Waals surface area (Å²) in [5, 5.41) is 9.03. The number of hydrogen-bond acceptors (Lipinski definition) is 2. The van der Waals surface area contributed by atoms with Gasteiger partial charge in [0.05, 0.1) is 5.56 Å². The summed E-state index contributed by atoms with van der Waals surface area (Å²) < 4.78 is 5.72. The van der Waals surface area contributed by atoms with Crippen molar-refractivity contribution in [2.24, 2.45) is 0 Å². The van der Waals surface area contributed by atoms with E-state index in [1.165, 1.54) is 11.1 Å². The van der Waals surface area contributed by atoms with Gasteiger partial charge in [-0.15, -0.1) is 0 Å². The van der Waals surface area contributed by atoms with Crippen LogP contribution in [0.1, 0.15) is 59.8 Å². The molecule has 0 fully saturated rings. The van der Waals surface area contributed by atoms with Crippen molar-refractivity contribution < 1.29 is 14.6 Å². The number of hydrogen-bond donors (Lipinski definition) is 1. The smallest absolute Gasteiger partial charge is 0.335 e. The van der Waals surface area contributed by atoms with Crippen LogP contribution in [0.2, 0.25) is 0 Å². The van der Waals surface area contributed by atoms with Gasteiger partial charge in [-0.1, -0.05) is 56.8 Å². The van der Waals surface area contributed by atoms with Gasteiger partial charge in [0.2, 0.25) is 0 Å². The molecule has 0 aromatic heterocycles. The van der Waals surface area contributed by atoms with E-state index in [0.29, 0.717) is 12.2 Å². The molecular weight excluding hydrogens is 336 g/mol. The van der Waals surface area contributed by atoms with E-state index >= 15 is 0 Å². The van der Waals surface area contributed by atoms with E-state index in [1.54, 1.807) is 30.5 Å². The number of carboxylic acid groups (broad SMARTS) is 1. The van der Waals surface area contributed by atoms with Crippen LogP contribution in [-0.4, -0.2) is 11.1 Å². The minimum Gasteiger partial charge on any atom is -0.478 e. The maximum absolute atomic E-state index is 11.0. The molecule has 0 aliphatic carbocycles. The van der Waals surface area contributed by atoms with E-state index in [9.17, 15) is 4.79 Å². The SMILES string of the molecule is Cc1ccc(C2=C=COC(c3ccc(C(=O)O)cc3)=CC2)cc1C(C)(C)C. The normalized spacial score (nSPS) is 14.1. The Balaban J connectivity index is 1.87. The molecule has 0 saturated heterocycles. The van der Waals surface area contributed by atoms with Gasteiger partial charge in [-0.25, -0.2) is 4.79 Å². The molecule has 0 saturated carbocycles.